The van der Waals surface area contributed by atoms with E-state index in [4.69, 9.17) is 5.11 Å². The van der Waals surface area contributed by atoms with E-state index in [-0.39, 0.29) is 9.88 Å². The van der Waals surface area contributed by atoms with Gasteiger partial charge in [0, 0.05) is 0 Å². The average molecular weight is 295 g/mol. The van der Waals surface area contributed by atoms with Gasteiger partial charge >= 0.3 is 5.97 Å². The van der Waals surface area contributed by atoms with Gasteiger partial charge in [0.05, 0.1) is 5.00 Å². The molecule has 0 saturated heterocycles. The molecule has 7 heteroatoms. The minimum atomic E-state index is -1.10. The first-order chi connectivity index (χ1) is 9.40. The second kappa shape index (κ2) is 5.30. The number of carbonyl (C=O) groups is 2. The van der Waals surface area contributed by atoms with Crippen LogP contribution in [0.3, 0.4) is 0 Å². The van der Waals surface area contributed by atoms with E-state index in [9.17, 15) is 19.1 Å². The van der Waals surface area contributed by atoms with E-state index in [1.54, 1.807) is 6.92 Å². The van der Waals surface area contributed by atoms with Crippen LogP contribution in [0.25, 0.3) is 0 Å². The van der Waals surface area contributed by atoms with E-state index in [2.05, 4.69) is 5.32 Å². The lowest BCUT2D eigenvalue weighted by Crippen LogP contribution is -2.13. The van der Waals surface area contributed by atoms with Crippen LogP contribution >= 0.6 is 11.3 Å². The molecular weight excluding hydrogens is 285 g/mol. The molecule has 0 radical (unpaired) electrons. The fourth-order valence-corrected chi connectivity index (χ4v) is 2.57. The standard InChI is InChI=1S/C13H10FNO4S/c1-6-5-9(20-11(6)13(18)19)15-12(17)10-7(14)3-2-4-8(10)16/h2-5,16H,1H3,(H,15,17)(H,18,19). The Kier molecular flexibility index (Phi) is 3.71. The normalized spacial score (nSPS) is 10.3. The number of phenolic OH excluding ortho intramolecular Hbond substituents is 1. The quantitative estimate of drug-likeness (QED) is 0.812. The Morgan fingerprint density at radius 3 is 2.60 bits per heavy atom. The first-order valence-corrected chi connectivity index (χ1v) is 6.34. The smallest absolute Gasteiger partial charge is 0.346 e. The van der Waals surface area contributed by atoms with Gasteiger partial charge in [0.15, 0.2) is 0 Å². The number of thiophene rings is 1. The Labute approximate surface area is 117 Å². The van der Waals surface area contributed by atoms with Gasteiger partial charge in [0.1, 0.15) is 22.0 Å². The molecule has 3 N–H and O–H groups in total. The van der Waals surface area contributed by atoms with Gasteiger partial charge in [-0.3, -0.25) is 4.79 Å². The second-order valence-corrected chi connectivity index (χ2v) is 5.07. The van der Waals surface area contributed by atoms with Gasteiger partial charge in [-0.05, 0) is 30.7 Å². The molecule has 0 bridgehead atoms. The number of carbonyl (C=O) groups excluding carboxylic acids is 1. The van der Waals surface area contributed by atoms with Crippen molar-refractivity contribution in [2.24, 2.45) is 0 Å². The molecule has 0 aliphatic rings. The zero-order chi connectivity index (χ0) is 14.9. The molecule has 1 aromatic carbocycles. The lowest BCUT2D eigenvalue weighted by atomic mass is 10.1. The van der Waals surface area contributed by atoms with Crippen LogP contribution in [0, 0.1) is 12.7 Å². The summed E-state index contributed by atoms with van der Waals surface area (Å²) in [4.78, 5) is 22.9. The van der Waals surface area contributed by atoms with Crippen LogP contribution in [0.2, 0.25) is 0 Å². The van der Waals surface area contributed by atoms with Crippen molar-refractivity contribution < 1.29 is 24.2 Å². The molecule has 5 nitrogen and oxygen atoms in total. The maximum Gasteiger partial charge on any atom is 0.346 e. The van der Waals surface area contributed by atoms with Crippen molar-refractivity contribution in [2.75, 3.05) is 5.32 Å². The Morgan fingerprint density at radius 2 is 2.05 bits per heavy atom. The Morgan fingerprint density at radius 1 is 1.35 bits per heavy atom. The number of carboxylic acids is 1. The molecule has 0 unspecified atom stereocenters. The number of anilines is 1. The van der Waals surface area contributed by atoms with E-state index in [0.29, 0.717) is 5.56 Å². The van der Waals surface area contributed by atoms with Crippen molar-refractivity contribution in [1.29, 1.82) is 0 Å². The summed E-state index contributed by atoms with van der Waals surface area (Å²) in [6, 6.07) is 5.00. The van der Waals surface area contributed by atoms with Crippen LogP contribution in [-0.4, -0.2) is 22.1 Å². The molecule has 104 valence electrons. The maximum atomic E-state index is 13.5. The minimum Gasteiger partial charge on any atom is -0.507 e. The molecule has 0 atom stereocenters. The highest BCUT2D eigenvalue weighted by atomic mass is 32.1. The third-order valence-electron chi connectivity index (χ3n) is 2.57. The molecular formula is C13H10FNO4S. The molecule has 0 aliphatic carbocycles. The predicted octanol–water partition coefficient (Wildman–Crippen LogP) is 2.85. The number of aromatic hydroxyl groups is 1. The molecule has 1 heterocycles. The average Bonchev–Trinajstić information content (AvgIpc) is 2.70. The molecule has 1 aromatic heterocycles. The molecule has 0 saturated carbocycles. The van der Waals surface area contributed by atoms with Crippen molar-refractivity contribution in [3.05, 3.63) is 46.1 Å². The van der Waals surface area contributed by atoms with E-state index < -0.39 is 29.0 Å². The Bertz CT molecular complexity index is 675. The topological polar surface area (TPSA) is 86.6 Å². The molecule has 1 amide bonds. The summed E-state index contributed by atoms with van der Waals surface area (Å²) in [7, 11) is 0. The molecule has 2 rings (SSSR count). The lowest BCUT2D eigenvalue weighted by Gasteiger charge is -2.05. The van der Waals surface area contributed by atoms with E-state index in [1.807, 2.05) is 0 Å². The van der Waals surface area contributed by atoms with Crippen LogP contribution in [0.5, 0.6) is 5.75 Å². The fraction of sp³-hybridized carbons (Fsp3) is 0.0769. The van der Waals surface area contributed by atoms with Crippen molar-refractivity contribution >= 4 is 28.2 Å². The van der Waals surface area contributed by atoms with Crippen molar-refractivity contribution in [3.8, 4) is 5.75 Å². The van der Waals surface area contributed by atoms with Crippen LogP contribution in [0.4, 0.5) is 9.39 Å². The van der Waals surface area contributed by atoms with Gasteiger partial charge in [-0.15, -0.1) is 11.3 Å². The van der Waals surface area contributed by atoms with Crippen LogP contribution in [0.15, 0.2) is 24.3 Å². The summed E-state index contributed by atoms with van der Waals surface area (Å²) >= 11 is 0.867. The van der Waals surface area contributed by atoms with E-state index >= 15 is 0 Å². The number of hydrogen-bond acceptors (Lipinski definition) is 4. The summed E-state index contributed by atoms with van der Waals surface area (Å²) in [5, 5.41) is 21.1. The zero-order valence-electron chi connectivity index (χ0n) is 10.3. The third-order valence-corrected chi connectivity index (χ3v) is 3.71. The predicted molar refractivity (Wildman–Crippen MR) is 72.0 cm³/mol. The number of aryl methyl sites for hydroxylation is 1. The number of carboxylic acid groups (broad SMARTS) is 1. The third kappa shape index (κ3) is 2.62. The number of amides is 1. The highest BCUT2D eigenvalue weighted by molar-refractivity contribution is 7.18. The summed E-state index contributed by atoms with van der Waals surface area (Å²) in [5.74, 6) is -3.26. The molecule has 20 heavy (non-hydrogen) atoms. The SMILES string of the molecule is Cc1cc(NC(=O)c2c(O)cccc2F)sc1C(=O)O. The van der Waals surface area contributed by atoms with Gasteiger partial charge in [0.2, 0.25) is 0 Å². The highest BCUT2D eigenvalue weighted by Crippen LogP contribution is 2.28. The molecule has 0 fully saturated rings. The summed E-state index contributed by atoms with van der Waals surface area (Å²) in [6.45, 7) is 1.59. The van der Waals surface area contributed by atoms with Gasteiger partial charge in [0.25, 0.3) is 5.91 Å². The highest BCUT2D eigenvalue weighted by Gasteiger charge is 2.19. The van der Waals surface area contributed by atoms with Gasteiger partial charge in [-0.1, -0.05) is 6.07 Å². The zero-order valence-corrected chi connectivity index (χ0v) is 11.1. The Balaban J connectivity index is 2.28. The van der Waals surface area contributed by atoms with E-state index in [0.717, 1.165) is 17.4 Å². The van der Waals surface area contributed by atoms with Crippen LogP contribution < -0.4 is 5.32 Å². The summed E-state index contributed by atoms with van der Waals surface area (Å²) in [6.07, 6.45) is 0. The fourth-order valence-electron chi connectivity index (χ4n) is 1.67. The molecule has 0 aliphatic heterocycles. The lowest BCUT2D eigenvalue weighted by molar-refractivity contribution is 0.0701. The van der Waals surface area contributed by atoms with Crippen LogP contribution in [-0.2, 0) is 0 Å². The second-order valence-electron chi connectivity index (χ2n) is 4.02. The largest absolute Gasteiger partial charge is 0.507 e. The van der Waals surface area contributed by atoms with Crippen molar-refractivity contribution in [3.63, 3.8) is 0 Å². The van der Waals surface area contributed by atoms with Crippen molar-refractivity contribution in [1.82, 2.24) is 0 Å². The van der Waals surface area contributed by atoms with Gasteiger partial charge in [-0.25, -0.2) is 9.18 Å². The first kappa shape index (κ1) is 14.0. The number of nitrogens with one attached hydrogen (secondary N) is 1. The monoisotopic (exact) mass is 295 g/mol. The van der Waals surface area contributed by atoms with Crippen LogP contribution in [0.1, 0.15) is 25.6 Å². The van der Waals surface area contributed by atoms with Gasteiger partial charge in [-0.2, -0.15) is 0 Å². The van der Waals surface area contributed by atoms with Gasteiger partial charge < -0.3 is 15.5 Å². The number of halogens is 1. The molecule has 0 spiro atoms. The van der Waals surface area contributed by atoms with Crippen molar-refractivity contribution in [2.45, 2.75) is 6.92 Å². The number of phenols is 1. The number of aromatic carboxylic acids is 1. The summed E-state index contributed by atoms with van der Waals surface area (Å²) in [5.41, 5.74) is 0.0194. The number of hydrogen-bond donors (Lipinski definition) is 3. The maximum absolute atomic E-state index is 13.5. The molecule has 2 aromatic rings. The minimum absolute atomic E-state index is 0.0954. The summed E-state index contributed by atoms with van der Waals surface area (Å²) < 4.78 is 13.5. The first-order valence-electron chi connectivity index (χ1n) is 5.52. The number of benzene rings is 1. The number of rotatable bonds is 3. The Hall–Kier alpha value is -2.41. The van der Waals surface area contributed by atoms with E-state index in [1.165, 1.54) is 18.2 Å².